The van der Waals surface area contributed by atoms with Gasteiger partial charge in [0.25, 0.3) is 0 Å². The Morgan fingerprint density at radius 1 is 0.562 bits per heavy atom. The van der Waals surface area contributed by atoms with Gasteiger partial charge in [-0.1, -0.05) is 84.9 Å². The van der Waals surface area contributed by atoms with Crippen molar-refractivity contribution in [3.05, 3.63) is 115 Å². The number of halogens is 1. The van der Waals surface area contributed by atoms with E-state index in [1.165, 1.54) is 12.1 Å². The van der Waals surface area contributed by atoms with E-state index in [2.05, 4.69) is 12.1 Å². The summed E-state index contributed by atoms with van der Waals surface area (Å²) in [6.07, 6.45) is 0. The van der Waals surface area contributed by atoms with Gasteiger partial charge in [0, 0.05) is 22.3 Å². The van der Waals surface area contributed by atoms with Crippen molar-refractivity contribution in [2.45, 2.75) is 0 Å². The van der Waals surface area contributed by atoms with Gasteiger partial charge in [-0.25, -0.2) is 4.39 Å². The molecule has 156 valence electrons. The fourth-order valence-corrected chi connectivity index (χ4v) is 3.97. The highest BCUT2D eigenvalue weighted by atomic mass is 19.1. The van der Waals surface area contributed by atoms with E-state index in [4.69, 9.17) is 9.15 Å². The summed E-state index contributed by atoms with van der Waals surface area (Å²) in [5.74, 6) is 1.85. The Kier molecular flexibility index (Phi) is 5.30. The number of hydrogen-bond acceptors (Lipinski definition) is 2. The molecule has 0 unspecified atom stereocenters. The van der Waals surface area contributed by atoms with Crippen molar-refractivity contribution in [1.29, 1.82) is 0 Å². The molecule has 32 heavy (non-hydrogen) atoms. The molecule has 0 aliphatic rings. The zero-order chi connectivity index (χ0) is 21.9. The third kappa shape index (κ3) is 3.69. The third-order valence-electron chi connectivity index (χ3n) is 5.47. The maximum atomic E-state index is 14.2. The topological polar surface area (TPSA) is 22.4 Å². The van der Waals surface area contributed by atoms with Gasteiger partial charge >= 0.3 is 0 Å². The van der Waals surface area contributed by atoms with Gasteiger partial charge in [-0.3, -0.25) is 0 Å². The highest BCUT2D eigenvalue weighted by molar-refractivity contribution is 5.99. The molecule has 1 aromatic heterocycles. The Balaban J connectivity index is 1.86. The summed E-state index contributed by atoms with van der Waals surface area (Å²) >= 11 is 0. The minimum Gasteiger partial charge on any atom is -0.497 e. The zero-order valence-corrected chi connectivity index (χ0v) is 17.6. The molecule has 0 radical (unpaired) electrons. The predicted octanol–water partition coefficient (Wildman–Crippen LogP) is 8.10. The maximum Gasteiger partial charge on any atom is 0.143 e. The lowest BCUT2D eigenvalue weighted by molar-refractivity contribution is 0.415. The molecule has 0 aliphatic heterocycles. The molecule has 2 nitrogen and oxygen atoms in total. The van der Waals surface area contributed by atoms with Crippen LogP contribution < -0.4 is 4.74 Å². The van der Waals surface area contributed by atoms with Gasteiger partial charge in [0.1, 0.15) is 23.1 Å². The molecule has 0 saturated heterocycles. The van der Waals surface area contributed by atoms with Crippen LogP contribution in [-0.2, 0) is 0 Å². The number of benzene rings is 4. The Morgan fingerprint density at radius 2 is 1.09 bits per heavy atom. The first-order valence-corrected chi connectivity index (χ1v) is 10.4. The van der Waals surface area contributed by atoms with E-state index >= 15 is 0 Å². The molecule has 3 heteroatoms. The van der Waals surface area contributed by atoms with Gasteiger partial charge in [-0.05, 0) is 35.4 Å². The molecular formula is C29H21FO2. The van der Waals surface area contributed by atoms with E-state index < -0.39 is 0 Å². The fraction of sp³-hybridized carbons (Fsp3) is 0.0345. The van der Waals surface area contributed by atoms with Crippen molar-refractivity contribution in [3.63, 3.8) is 0 Å². The van der Waals surface area contributed by atoms with Crippen LogP contribution in [0.3, 0.4) is 0 Å². The lowest BCUT2D eigenvalue weighted by Crippen LogP contribution is -1.87. The molecule has 0 aliphatic carbocycles. The Morgan fingerprint density at radius 3 is 1.69 bits per heavy atom. The fourth-order valence-electron chi connectivity index (χ4n) is 3.97. The lowest BCUT2D eigenvalue weighted by atomic mass is 9.91. The molecular weight excluding hydrogens is 399 g/mol. The van der Waals surface area contributed by atoms with Gasteiger partial charge in [0.05, 0.1) is 7.11 Å². The largest absolute Gasteiger partial charge is 0.497 e. The average Bonchev–Trinajstić information content (AvgIpc) is 3.26. The molecule has 1 heterocycles. The first-order chi connectivity index (χ1) is 15.7. The van der Waals surface area contributed by atoms with Crippen molar-refractivity contribution in [3.8, 4) is 50.7 Å². The number of ether oxygens (including phenoxy) is 1. The smallest absolute Gasteiger partial charge is 0.143 e. The van der Waals surface area contributed by atoms with E-state index in [0.29, 0.717) is 11.3 Å². The van der Waals surface area contributed by atoms with Crippen LogP contribution >= 0.6 is 0 Å². The van der Waals surface area contributed by atoms with Crippen LogP contribution in [0.5, 0.6) is 5.75 Å². The molecule has 0 atom stereocenters. The van der Waals surface area contributed by atoms with Crippen LogP contribution in [0, 0.1) is 5.82 Å². The highest BCUT2D eigenvalue weighted by Gasteiger charge is 2.25. The molecule has 5 aromatic rings. The molecule has 0 fully saturated rings. The Labute approximate surface area is 186 Å². The van der Waals surface area contributed by atoms with Crippen molar-refractivity contribution >= 4 is 0 Å². The molecule has 0 saturated carbocycles. The summed E-state index contributed by atoms with van der Waals surface area (Å²) in [5.41, 5.74) is 5.54. The monoisotopic (exact) mass is 420 g/mol. The van der Waals surface area contributed by atoms with Crippen molar-refractivity contribution < 1.29 is 13.5 Å². The minimum atomic E-state index is -0.304. The Hall–Kier alpha value is -4.11. The van der Waals surface area contributed by atoms with E-state index in [1.54, 1.807) is 13.2 Å². The summed E-state index contributed by atoms with van der Waals surface area (Å²) in [6.45, 7) is 0. The normalized spacial score (nSPS) is 10.8. The van der Waals surface area contributed by atoms with Gasteiger partial charge in [-0.2, -0.15) is 0 Å². The van der Waals surface area contributed by atoms with Crippen LogP contribution in [0.1, 0.15) is 0 Å². The van der Waals surface area contributed by atoms with E-state index in [9.17, 15) is 4.39 Å². The first kappa shape index (κ1) is 19.8. The van der Waals surface area contributed by atoms with Crippen LogP contribution in [0.25, 0.3) is 44.9 Å². The van der Waals surface area contributed by atoms with Gasteiger partial charge in [0.15, 0.2) is 0 Å². The number of hydrogen-bond donors (Lipinski definition) is 0. The van der Waals surface area contributed by atoms with E-state index in [0.717, 1.165) is 39.3 Å². The van der Waals surface area contributed by atoms with Gasteiger partial charge in [-0.15, -0.1) is 0 Å². The highest BCUT2D eigenvalue weighted by Crippen LogP contribution is 2.48. The van der Waals surface area contributed by atoms with Gasteiger partial charge < -0.3 is 9.15 Å². The summed E-state index contributed by atoms with van der Waals surface area (Å²) in [6, 6.07) is 34.6. The van der Waals surface area contributed by atoms with Crippen LogP contribution in [0.2, 0.25) is 0 Å². The SMILES string of the molecule is COc1ccc(-c2c(-c3cccc(F)c3)oc(-c3ccccc3)c2-c2ccccc2)cc1. The van der Waals surface area contributed by atoms with Crippen LogP contribution in [-0.4, -0.2) is 7.11 Å². The molecule has 0 N–H and O–H groups in total. The van der Waals surface area contributed by atoms with E-state index in [-0.39, 0.29) is 5.82 Å². The predicted molar refractivity (Wildman–Crippen MR) is 127 cm³/mol. The molecule has 0 spiro atoms. The van der Waals surface area contributed by atoms with E-state index in [1.807, 2.05) is 78.9 Å². The lowest BCUT2D eigenvalue weighted by Gasteiger charge is -2.09. The number of furan rings is 1. The molecule has 4 aromatic carbocycles. The van der Waals surface area contributed by atoms with Crippen molar-refractivity contribution in [1.82, 2.24) is 0 Å². The summed E-state index contributed by atoms with van der Waals surface area (Å²) in [7, 11) is 1.65. The Bertz CT molecular complexity index is 1340. The molecule has 5 rings (SSSR count). The molecule has 0 amide bonds. The summed E-state index contributed by atoms with van der Waals surface area (Å²) in [5, 5.41) is 0. The summed E-state index contributed by atoms with van der Waals surface area (Å²) < 4.78 is 26.1. The average molecular weight is 420 g/mol. The minimum absolute atomic E-state index is 0.304. The van der Waals surface area contributed by atoms with Crippen molar-refractivity contribution in [2.24, 2.45) is 0 Å². The second-order valence-electron chi connectivity index (χ2n) is 7.48. The van der Waals surface area contributed by atoms with Crippen LogP contribution in [0.4, 0.5) is 4.39 Å². The second-order valence-corrected chi connectivity index (χ2v) is 7.48. The third-order valence-corrected chi connectivity index (χ3v) is 5.47. The standard InChI is InChI=1S/C29H21FO2/c1-31-25-17-15-21(16-18-25)27-26(20-9-4-2-5-10-20)28(22-11-6-3-7-12-22)32-29(27)23-13-8-14-24(30)19-23/h2-19H,1H3. The quantitative estimate of drug-likeness (QED) is 0.287. The van der Waals surface area contributed by atoms with Gasteiger partial charge in [0.2, 0.25) is 0 Å². The maximum absolute atomic E-state index is 14.2. The number of methoxy groups -OCH3 is 1. The zero-order valence-electron chi connectivity index (χ0n) is 17.6. The first-order valence-electron chi connectivity index (χ1n) is 10.4. The summed E-state index contributed by atoms with van der Waals surface area (Å²) in [4.78, 5) is 0. The van der Waals surface area contributed by atoms with Crippen molar-refractivity contribution in [2.75, 3.05) is 7.11 Å². The molecule has 0 bridgehead atoms. The second kappa shape index (κ2) is 8.56. The number of rotatable bonds is 5. The van der Waals surface area contributed by atoms with Crippen LogP contribution in [0.15, 0.2) is 114 Å².